The van der Waals surface area contributed by atoms with Crippen molar-refractivity contribution in [2.24, 2.45) is 0 Å². The summed E-state index contributed by atoms with van der Waals surface area (Å²) in [5, 5.41) is 6.68. The van der Waals surface area contributed by atoms with Gasteiger partial charge in [0, 0.05) is 76.3 Å². The molecule has 0 unspecified atom stereocenters. The van der Waals surface area contributed by atoms with Gasteiger partial charge in [0.1, 0.15) is 35.8 Å². The summed E-state index contributed by atoms with van der Waals surface area (Å²) in [6.45, 7) is 4.60. The molecule has 2 aliphatic rings. The summed E-state index contributed by atoms with van der Waals surface area (Å²) in [6.07, 6.45) is 4.19. The lowest BCUT2D eigenvalue weighted by Crippen LogP contribution is -2.46. The molecule has 0 spiro atoms. The highest BCUT2D eigenvalue weighted by Gasteiger charge is 2.24. The van der Waals surface area contributed by atoms with Crippen molar-refractivity contribution < 1.29 is 38.1 Å². The molecule has 2 heterocycles. The van der Waals surface area contributed by atoms with Gasteiger partial charge >= 0.3 is 11.9 Å². The van der Waals surface area contributed by atoms with E-state index in [1.807, 2.05) is 0 Å². The van der Waals surface area contributed by atoms with Gasteiger partial charge in [0.25, 0.3) is 0 Å². The van der Waals surface area contributed by atoms with E-state index >= 15 is 0 Å². The Bertz CT molecular complexity index is 1420. The quantitative estimate of drug-likeness (QED) is 0.145. The van der Waals surface area contributed by atoms with Crippen LogP contribution >= 0.6 is 23.2 Å². The number of rotatable bonds is 16. The van der Waals surface area contributed by atoms with Gasteiger partial charge in [-0.15, -0.1) is 0 Å². The highest BCUT2D eigenvalue weighted by atomic mass is 35.5. The van der Waals surface area contributed by atoms with Crippen molar-refractivity contribution in [2.75, 3.05) is 78.2 Å². The number of nitrogens with one attached hydrogen (secondary N) is 2. The maximum atomic E-state index is 12.6. The third-order valence-corrected chi connectivity index (χ3v) is 9.73. The Morgan fingerprint density at radius 3 is 1.41 bits per heavy atom. The van der Waals surface area contributed by atoms with Crippen LogP contribution in [0.15, 0.2) is 24.3 Å². The SMILES string of the molecule is COc1cc(N)c(Cl)cc1C(=O)OCCN1CCC(NC(=O)CCCC(=O)NC2CCN(CCOC(=O)c3cc(Cl)c(N)cc3OC)CC2)CC1. The normalized spacial score (nSPS) is 15.9. The summed E-state index contributed by atoms with van der Waals surface area (Å²) >= 11 is 12.1. The molecule has 280 valence electrons. The number of ether oxygens (including phenoxy) is 4. The van der Waals surface area contributed by atoms with E-state index in [1.54, 1.807) is 0 Å². The Balaban J connectivity index is 1.03. The molecular formula is C35H48Cl2N6O8. The van der Waals surface area contributed by atoms with Crippen LogP contribution in [-0.2, 0) is 19.1 Å². The van der Waals surface area contributed by atoms with Crippen LogP contribution in [0, 0.1) is 0 Å². The van der Waals surface area contributed by atoms with Gasteiger partial charge in [-0.3, -0.25) is 19.4 Å². The molecule has 2 fully saturated rings. The van der Waals surface area contributed by atoms with Gasteiger partial charge in [0.15, 0.2) is 0 Å². The number of nitrogens with two attached hydrogens (primary N) is 2. The van der Waals surface area contributed by atoms with Crippen LogP contribution in [0.4, 0.5) is 11.4 Å². The number of piperidine rings is 2. The minimum Gasteiger partial charge on any atom is -0.496 e. The zero-order valence-corrected chi connectivity index (χ0v) is 30.7. The molecule has 0 bridgehead atoms. The lowest BCUT2D eigenvalue weighted by atomic mass is 10.0. The largest absolute Gasteiger partial charge is 0.496 e. The van der Waals surface area contributed by atoms with E-state index in [1.165, 1.54) is 38.5 Å². The number of hydrogen-bond donors (Lipinski definition) is 4. The van der Waals surface area contributed by atoms with Gasteiger partial charge in [0.05, 0.1) is 35.6 Å². The smallest absolute Gasteiger partial charge is 0.342 e. The number of carbonyl (C=O) groups is 4. The number of likely N-dealkylation sites (tertiary alicyclic amines) is 2. The molecule has 2 saturated heterocycles. The van der Waals surface area contributed by atoms with Crippen LogP contribution < -0.4 is 31.6 Å². The number of nitrogens with zero attached hydrogens (tertiary/aromatic N) is 2. The van der Waals surface area contributed by atoms with E-state index < -0.39 is 11.9 Å². The first-order valence-electron chi connectivity index (χ1n) is 17.1. The fraction of sp³-hybridized carbons (Fsp3) is 0.543. The Kier molecular flexibility index (Phi) is 15.3. The van der Waals surface area contributed by atoms with Crippen molar-refractivity contribution >= 4 is 58.3 Å². The molecule has 51 heavy (non-hydrogen) atoms. The summed E-state index contributed by atoms with van der Waals surface area (Å²) in [5.41, 5.74) is 12.6. The molecule has 6 N–H and O–H groups in total. The second kappa shape index (κ2) is 19.6. The summed E-state index contributed by atoms with van der Waals surface area (Å²) in [4.78, 5) is 54.6. The van der Waals surface area contributed by atoms with Crippen molar-refractivity contribution in [2.45, 2.75) is 57.0 Å². The first-order chi connectivity index (χ1) is 24.5. The summed E-state index contributed by atoms with van der Waals surface area (Å²) in [5.74, 6) is -0.581. The molecule has 0 saturated carbocycles. The number of nitrogen functional groups attached to an aromatic ring is 2. The van der Waals surface area contributed by atoms with E-state index in [0.29, 0.717) is 42.4 Å². The van der Waals surface area contributed by atoms with Crippen LogP contribution in [-0.4, -0.2) is 112 Å². The number of halogens is 2. The van der Waals surface area contributed by atoms with Crippen LogP contribution in [0.3, 0.4) is 0 Å². The molecule has 2 amide bonds. The maximum absolute atomic E-state index is 12.6. The summed E-state index contributed by atoms with van der Waals surface area (Å²) < 4.78 is 21.3. The highest BCUT2D eigenvalue weighted by Crippen LogP contribution is 2.30. The predicted octanol–water partition coefficient (Wildman–Crippen LogP) is 3.52. The third-order valence-electron chi connectivity index (χ3n) is 9.07. The zero-order chi connectivity index (χ0) is 36.9. The minimum absolute atomic E-state index is 0.0572. The van der Waals surface area contributed by atoms with E-state index in [0.717, 1.165) is 51.9 Å². The number of benzene rings is 2. The van der Waals surface area contributed by atoms with Crippen molar-refractivity contribution in [3.05, 3.63) is 45.4 Å². The predicted molar refractivity (Wildman–Crippen MR) is 194 cm³/mol. The Morgan fingerprint density at radius 2 is 1.06 bits per heavy atom. The topological polar surface area (TPSA) is 188 Å². The molecule has 4 rings (SSSR count). The molecule has 14 nitrogen and oxygen atoms in total. The Labute approximate surface area is 308 Å². The molecular weight excluding hydrogens is 703 g/mol. The van der Waals surface area contributed by atoms with Gasteiger partial charge in [0.2, 0.25) is 11.8 Å². The zero-order valence-electron chi connectivity index (χ0n) is 29.1. The van der Waals surface area contributed by atoms with Crippen molar-refractivity contribution in [1.29, 1.82) is 0 Å². The fourth-order valence-corrected chi connectivity index (χ4v) is 6.42. The lowest BCUT2D eigenvalue weighted by molar-refractivity contribution is -0.123. The number of hydrogen-bond acceptors (Lipinski definition) is 12. The molecule has 2 aliphatic heterocycles. The average molecular weight is 752 g/mol. The van der Waals surface area contributed by atoms with Crippen LogP contribution in [0.1, 0.15) is 65.7 Å². The number of esters is 2. The first-order valence-corrected chi connectivity index (χ1v) is 17.9. The Hall–Kier alpha value is -3.98. The lowest BCUT2D eigenvalue weighted by Gasteiger charge is -2.32. The molecule has 0 radical (unpaired) electrons. The fourth-order valence-electron chi connectivity index (χ4n) is 6.10. The van der Waals surface area contributed by atoms with E-state index in [2.05, 4.69) is 20.4 Å². The maximum Gasteiger partial charge on any atom is 0.342 e. The number of amides is 2. The third kappa shape index (κ3) is 12.1. The van der Waals surface area contributed by atoms with Gasteiger partial charge in [-0.05, 0) is 44.2 Å². The standard InChI is InChI=1S/C35H48Cl2N6O8/c1-48-30-20-28(38)26(36)18-24(30)34(46)50-16-14-42-10-6-22(7-11-42)40-32(44)4-3-5-33(45)41-23-8-12-43(13-9-23)15-17-51-35(47)25-19-27(37)29(39)21-31(25)49-2/h18-23H,3-17,38-39H2,1-2H3,(H,40,44)(H,41,45). The number of anilines is 2. The van der Waals surface area contributed by atoms with Gasteiger partial charge < -0.3 is 41.0 Å². The van der Waals surface area contributed by atoms with Crippen molar-refractivity contribution in [1.82, 2.24) is 20.4 Å². The van der Waals surface area contributed by atoms with Gasteiger partial charge in [-0.25, -0.2) is 9.59 Å². The van der Waals surface area contributed by atoms with Crippen molar-refractivity contribution in [3.63, 3.8) is 0 Å². The van der Waals surface area contributed by atoms with Crippen LogP contribution in [0.5, 0.6) is 11.5 Å². The van der Waals surface area contributed by atoms with E-state index in [-0.39, 0.29) is 71.1 Å². The summed E-state index contributed by atoms with van der Waals surface area (Å²) in [6, 6.07) is 6.00. The van der Waals surface area contributed by atoms with Crippen molar-refractivity contribution in [3.8, 4) is 11.5 Å². The molecule has 0 aliphatic carbocycles. The molecule has 0 aromatic heterocycles. The highest BCUT2D eigenvalue weighted by molar-refractivity contribution is 6.34. The van der Waals surface area contributed by atoms with E-state index in [9.17, 15) is 19.2 Å². The molecule has 16 heteroatoms. The minimum atomic E-state index is -0.535. The molecule has 2 aromatic rings. The summed E-state index contributed by atoms with van der Waals surface area (Å²) in [7, 11) is 2.89. The Morgan fingerprint density at radius 1 is 0.686 bits per heavy atom. The van der Waals surface area contributed by atoms with Gasteiger partial charge in [-0.1, -0.05) is 23.2 Å². The second-order valence-electron chi connectivity index (χ2n) is 12.6. The van der Waals surface area contributed by atoms with Crippen LogP contribution in [0.2, 0.25) is 10.0 Å². The van der Waals surface area contributed by atoms with Crippen LogP contribution in [0.25, 0.3) is 0 Å². The molecule has 2 aromatic carbocycles. The monoisotopic (exact) mass is 750 g/mol. The number of methoxy groups -OCH3 is 2. The average Bonchev–Trinajstić information content (AvgIpc) is 3.11. The van der Waals surface area contributed by atoms with E-state index in [4.69, 9.17) is 53.6 Å². The van der Waals surface area contributed by atoms with Gasteiger partial charge in [-0.2, -0.15) is 0 Å². The first kappa shape index (κ1) is 39.8. The molecule has 0 atom stereocenters. The number of carbonyl (C=O) groups excluding carboxylic acids is 4. The second-order valence-corrected chi connectivity index (χ2v) is 13.5.